The van der Waals surface area contributed by atoms with Crippen LogP contribution in [0.4, 0.5) is 0 Å². The molecule has 0 heterocycles. The first-order valence-corrected chi connectivity index (χ1v) is 11.8. The molecule has 0 radical (unpaired) electrons. The molecular weight excluding hydrogens is 350 g/mol. The number of rotatable bonds is 4. The van der Waals surface area contributed by atoms with Crippen molar-refractivity contribution < 1.29 is 15.0 Å². The van der Waals surface area contributed by atoms with Crippen molar-refractivity contribution in [2.24, 2.45) is 52.1 Å². The van der Waals surface area contributed by atoms with Crippen LogP contribution < -0.4 is 5.73 Å². The van der Waals surface area contributed by atoms with Crippen molar-refractivity contribution in [3.8, 4) is 0 Å². The van der Waals surface area contributed by atoms with Crippen molar-refractivity contribution in [2.75, 3.05) is 0 Å². The average Bonchev–Trinajstić information content (AvgIpc) is 3.00. The van der Waals surface area contributed by atoms with E-state index in [9.17, 15) is 15.0 Å². The summed E-state index contributed by atoms with van der Waals surface area (Å²) in [5.74, 6) is 2.38. The van der Waals surface area contributed by atoms with Crippen LogP contribution in [0.1, 0.15) is 85.0 Å². The highest BCUT2D eigenvalue weighted by atomic mass is 16.3. The second kappa shape index (κ2) is 7.27. The Balaban J connectivity index is 1.61. The summed E-state index contributed by atoms with van der Waals surface area (Å²) in [5, 5.41) is 22.8. The Morgan fingerprint density at radius 3 is 2.57 bits per heavy atom. The van der Waals surface area contributed by atoms with Crippen LogP contribution in [-0.4, -0.2) is 28.3 Å². The molecule has 1 amide bonds. The van der Waals surface area contributed by atoms with Gasteiger partial charge in [-0.15, -0.1) is 0 Å². The van der Waals surface area contributed by atoms with Gasteiger partial charge in [-0.1, -0.05) is 33.6 Å². The Morgan fingerprint density at radius 2 is 1.86 bits per heavy atom. The lowest BCUT2D eigenvalue weighted by molar-refractivity contribution is -0.201. The molecule has 0 saturated heterocycles. The van der Waals surface area contributed by atoms with E-state index in [0.717, 1.165) is 32.1 Å². The highest BCUT2D eigenvalue weighted by Gasteiger charge is 2.65. The Hall–Kier alpha value is -0.610. The minimum Gasteiger partial charge on any atom is -0.393 e. The van der Waals surface area contributed by atoms with E-state index in [4.69, 9.17) is 5.73 Å². The van der Waals surface area contributed by atoms with Crippen molar-refractivity contribution in [2.45, 2.75) is 97.2 Å². The predicted octanol–water partition coefficient (Wildman–Crippen LogP) is 3.88. The molecule has 4 nitrogen and oxygen atoms in total. The molecule has 4 heteroatoms. The smallest absolute Gasteiger partial charge is 0.217 e. The van der Waals surface area contributed by atoms with Crippen molar-refractivity contribution >= 4 is 5.91 Å². The summed E-state index contributed by atoms with van der Waals surface area (Å²) in [7, 11) is 0. The largest absolute Gasteiger partial charge is 0.393 e. The fraction of sp³-hybridized carbons (Fsp3) is 0.958. The Kier molecular flexibility index (Phi) is 5.36. The van der Waals surface area contributed by atoms with Crippen molar-refractivity contribution in [3.05, 3.63) is 0 Å². The fourth-order valence-corrected chi connectivity index (χ4v) is 8.76. The van der Waals surface area contributed by atoms with Crippen LogP contribution in [0, 0.1) is 46.3 Å². The van der Waals surface area contributed by atoms with Gasteiger partial charge in [0.15, 0.2) is 0 Å². The molecule has 0 aliphatic heterocycles. The molecule has 10 atom stereocenters. The van der Waals surface area contributed by atoms with Crippen LogP contribution in [-0.2, 0) is 4.79 Å². The van der Waals surface area contributed by atoms with Crippen molar-refractivity contribution in [1.29, 1.82) is 0 Å². The van der Waals surface area contributed by atoms with E-state index < -0.39 is 0 Å². The molecule has 4 saturated carbocycles. The molecule has 28 heavy (non-hydrogen) atoms. The number of aliphatic hydroxyl groups is 2. The summed E-state index contributed by atoms with van der Waals surface area (Å²) < 4.78 is 0. The monoisotopic (exact) mass is 391 g/mol. The number of hydrogen-bond donors (Lipinski definition) is 3. The van der Waals surface area contributed by atoms with Gasteiger partial charge in [-0.05, 0) is 91.3 Å². The molecule has 4 rings (SSSR count). The lowest BCUT2D eigenvalue weighted by atomic mass is 9.43. The normalized spacial score (nSPS) is 51.7. The molecule has 10 unspecified atom stereocenters. The zero-order chi connectivity index (χ0) is 20.3. The number of hydrogen-bond acceptors (Lipinski definition) is 3. The van der Waals surface area contributed by atoms with Gasteiger partial charge >= 0.3 is 0 Å². The maximum atomic E-state index is 11.5. The summed E-state index contributed by atoms with van der Waals surface area (Å²) in [5.41, 5.74) is 5.54. The van der Waals surface area contributed by atoms with Crippen LogP contribution in [0.3, 0.4) is 0 Å². The van der Waals surface area contributed by atoms with Gasteiger partial charge < -0.3 is 15.9 Å². The van der Waals surface area contributed by atoms with Crippen molar-refractivity contribution in [3.63, 3.8) is 0 Å². The van der Waals surface area contributed by atoms with E-state index >= 15 is 0 Å². The first-order chi connectivity index (χ1) is 13.2. The molecule has 0 aromatic carbocycles. The number of aliphatic hydroxyl groups excluding tert-OH is 2. The predicted molar refractivity (Wildman–Crippen MR) is 110 cm³/mol. The van der Waals surface area contributed by atoms with Crippen LogP contribution >= 0.6 is 0 Å². The van der Waals surface area contributed by atoms with Gasteiger partial charge in [0.2, 0.25) is 5.91 Å². The molecule has 0 aromatic rings. The molecule has 4 fully saturated rings. The molecule has 4 N–H and O–H groups in total. The van der Waals surface area contributed by atoms with Gasteiger partial charge in [0.1, 0.15) is 0 Å². The van der Waals surface area contributed by atoms with Crippen LogP contribution in [0.25, 0.3) is 0 Å². The highest BCUT2D eigenvalue weighted by Crippen LogP contribution is 2.68. The Labute approximate surface area is 170 Å². The van der Waals surface area contributed by atoms with E-state index in [0.29, 0.717) is 47.3 Å². The van der Waals surface area contributed by atoms with E-state index in [1.54, 1.807) is 0 Å². The molecular formula is C24H41NO3. The van der Waals surface area contributed by atoms with Gasteiger partial charge in [-0.25, -0.2) is 0 Å². The minimum atomic E-state index is -0.299. The Bertz CT molecular complexity index is 609. The topological polar surface area (TPSA) is 83.6 Å². The second-order valence-corrected chi connectivity index (χ2v) is 11.3. The third kappa shape index (κ3) is 2.96. The van der Waals surface area contributed by atoms with E-state index in [2.05, 4.69) is 20.8 Å². The van der Waals surface area contributed by atoms with Gasteiger partial charge in [0.25, 0.3) is 0 Å². The number of primary amides is 1. The zero-order valence-electron chi connectivity index (χ0n) is 18.1. The third-order valence-electron chi connectivity index (χ3n) is 10.3. The van der Waals surface area contributed by atoms with Gasteiger partial charge in [0.05, 0.1) is 12.2 Å². The molecule has 160 valence electrons. The van der Waals surface area contributed by atoms with Crippen LogP contribution in [0.2, 0.25) is 0 Å². The van der Waals surface area contributed by atoms with Gasteiger partial charge in [-0.3, -0.25) is 4.79 Å². The maximum absolute atomic E-state index is 11.5. The lowest BCUT2D eigenvalue weighted by Gasteiger charge is -2.63. The summed E-state index contributed by atoms with van der Waals surface area (Å²) in [4.78, 5) is 11.3. The quantitative estimate of drug-likeness (QED) is 0.680. The van der Waals surface area contributed by atoms with Crippen molar-refractivity contribution in [1.82, 2.24) is 0 Å². The van der Waals surface area contributed by atoms with Gasteiger partial charge in [-0.2, -0.15) is 0 Å². The second-order valence-electron chi connectivity index (χ2n) is 11.3. The number of fused-ring (bicyclic) bond motifs is 5. The number of carbonyl (C=O) groups is 1. The van der Waals surface area contributed by atoms with Crippen LogP contribution in [0.5, 0.6) is 0 Å². The first-order valence-electron chi connectivity index (χ1n) is 11.8. The SMILES string of the molecule is CC(CCC(N)=O)C1CCC2C3C(O)CC4CCCCC4(C)C3CC(O)C12C. The summed E-state index contributed by atoms with van der Waals surface area (Å²) in [6.07, 6.45) is 9.88. The number of carbonyl (C=O) groups excluding carboxylic acids is 1. The fourth-order valence-electron chi connectivity index (χ4n) is 8.76. The third-order valence-corrected chi connectivity index (χ3v) is 10.3. The van der Waals surface area contributed by atoms with E-state index in [-0.39, 0.29) is 23.5 Å². The number of nitrogens with two attached hydrogens (primary N) is 1. The molecule has 4 aliphatic rings. The lowest BCUT2D eigenvalue weighted by Crippen LogP contribution is -2.61. The summed E-state index contributed by atoms with van der Waals surface area (Å²) in [6, 6.07) is 0. The van der Waals surface area contributed by atoms with Crippen LogP contribution in [0.15, 0.2) is 0 Å². The van der Waals surface area contributed by atoms with E-state index in [1.165, 1.54) is 25.7 Å². The summed E-state index contributed by atoms with van der Waals surface area (Å²) >= 11 is 0. The average molecular weight is 392 g/mol. The maximum Gasteiger partial charge on any atom is 0.217 e. The standard InChI is InChI=1S/C24H41NO3/c1-14(7-10-21(25)28)16-8-9-17-22-18(13-20(27)24(16,17)3)23(2)11-5-4-6-15(23)12-19(22)26/h14-20,22,26-27H,4-13H2,1-3H3,(H2,25,28). The molecule has 4 aliphatic carbocycles. The first kappa shape index (κ1) is 20.7. The number of amides is 1. The molecule has 0 bridgehead atoms. The van der Waals surface area contributed by atoms with Gasteiger partial charge in [0, 0.05) is 6.42 Å². The minimum absolute atomic E-state index is 0.142. The van der Waals surface area contributed by atoms with E-state index in [1.807, 2.05) is 0 Å². The molecule has 0 spiro atoms. The summed E-state index contributed by atoms with van der Waals surface area (Å²) in [6.45, 7) is 6.99. The highest BCUT2D eigenvalue weighted by molar-refractivity contribution is 5.73. The zero-order valence-corrected chi connectivity index (χ0v) is 18.1. The molecule has 0 aromatic heterocycles. The Morgan fingerprint density at radius 1 is 1.11 bits per heavy atom.